The Balaban J connectivity index is 2.49. The Morgan fingerprint density at radius 1 is 1.35 bits per heavy atom. The Kier molecular flexibility index (Phi) is 4.98. The van der Waals surface area contributed by atoms with E-state index in [9.17, 15) is 10.2 Å². The van der Waals surface area contributed by atoms with Crippen LogP contribution in [0, 0.1) is 5.41 Å². The highest BCUT2D eigenvalue weighted by Gasteiger charge is 2.21. The Morgan fingerprint density at radius 3 is 2.59 bits per heavy atom. The van der Waals surface area contributed by atoms with Crippen LogP contribution in [0.25, 0.3) is 0 Å². The number of aliphatic hydroxyl groups excluding tert-OH is 1. The molecule has 0 saturated carbocycles. The topological polar surface area (TPSA) is 52.5 Å². The number of rotatable bonds is 4. The van der Waals surface area contributed by atoms with E-state index in [2.05, 4.69) is 21.2 Å². The number of nitrogens with one attached hydrogen (secondary N) is 1. The molecular formula is C13H20BrNO2. The van der Waals surface area contributed by atoms with Crippen LogP contribution in [0.15, 0.2) is 22.7 Å². The van der Waals surface area contributed by atoms with Crippen LogP contribution in [0.4, 0.5) is 0 Å². The van der Waals surface area contributed by atoms with Crippen LogP contribution in [0.5, 0.6) is 5.75 Å². The number of hydrogen-bond donors (Lipinski definition) is 3. The summed E-state index contributed by atoms with van der Waals surface area (Å²) < 4.78 is 0.688. The first-order valence-electron chi connectivity index (χ1n) is 5.67. The minimum atomic E-state index is -0.406. The van der Waals surface area contributed by atoms with Gasteiger partial charge in [0.05, 0.1) is 10.6 Å². The third kappa shape index (κ3) is 4.30. The van der Waals surface area contributed by atoms with E-state index in [0.717, 1.165) is 5.56 Å². The first-order valence-corrected chi connectivity index (χ1v) is 6.47. The van der Waals surface area contributed by atoms with Gasteiger partial charge in [0.15, 0.2) is 0 Å². The van der Waals surface area contributed by atoms with Crippen molar-refractivity contribution >= 4 is 15.9 Å². The molecule has 1 atom stereocenters. The number of benzene rings is 1. The number of aliphatic hydroxyl groups is 1. The molecule has 0 aromatic heterocycles. The molecule has 0 heterocycles. The van der Waals surface area contributed by atoms with Crippen molar-refractivity contribution in [2.45, 2.75) is 33.4 Å². The molecule has 1 aromatic rings. The summed E-state index contributed by atoms with van der Waals surface area (Å²) in [4.78, 5) is 0. The highest BCUT2D eigenvalue weighted by Crippen LogP contribution is 2.27. The van der Waals surface area contributed by atoms with E-state index in [1.165, 1.54) is 0 Å². The number of phenols is 1. The Bertz CT molecular complexity index is 374. The average molecular weight is 302 g/mol. The van der Waals surface area contributed by atoms with E-state index in [4.69, 9.17) is 0 Å². The fourth-order valence-corrected chi connectivity index (χ4v) is 1.76. The normalized spacial score (nSPS) is 13.7. The first kappa shape index (κ1) is 14.5. The van der Waals surface area contributed by atoms with E-state index < -0.39 is 6.10 Å². The number of aromatic hydroxyl groups is 1. The van der Waals surface area contributed by atoms with Gasteiger partial charge in [-0.15, -0.1) is 0 Å². The maximum atomic E-state index is 9.85. The van der Waals surface area contributed by atoms with Gasteiger partial charge in [-0.2, -0.15) is 0 Å². The molecule has 0 aliphatic carbocycles. The summed E-state index contributed by atoms with van der Waals surface area (Å²) >= 11 is 3.27. The van der Waals surface area contributed by atoms with Crippen LogP contribution in [0.1, 0.15) is 26.3 Å². The van der Waals surface area contributed by atoms with Gasteiger partial charge in [-0.1, -0.05) is 32.9 Å². The third-order valence-corrected chi connectivity index (χ3v) is 3.36. The monoisotopic (exact) mass is 301 g/mol. The molecule has 1 aromatic carbocycles. The highest BCUT2D eigenvalue weighted by molar-refractivity contribution is 9.10. The number of halogens is 1. The van der Waals surface area contributed by atoms with Gasteiger partial charge in [-0.3, -0.25) is 0 Å². The van der Waals surface area contributed by atoms with E-state index >= 15 is 0 Å². The molecule has 0 aliphatic rings. The van der Waals surface area contributed by atoms with E-state index in [1.807, 2.05) is 32.9 Å². The summed E-state index contributed by atoms with van der Waals surface area (Å²) in [7, 11) is 0. The summed E-state index contributed by atoms with van der Waals surface area (Å²) in [5, 5.41) is 22.8. The van der Waals surface area contributed by atoms with Crippen molar-refractivity contribution in [2.24, 2.45) is 5.41 Å². The Morgan fingerprint density at radius 2 is 2.00 bits per heavy atom. The fraction of sp³-hybridized carbons (Fsp3) is 0.538. The largest absolute Gasteiger partial charge is 0.506 e. The maximum Gasteiger partial charge on any atom is 0.134 e. The lowest BCUT2D eigenvalue weighted by molar-refractivity contribution is 0.0627. The van der Waals surface area contributed by atoms with Crippen LogP contribution < -0.4 is 5.32 Å². The molecule has 0 fully saturated rings. The van der Waals surface area contributed by atoms with Crippen molar-refractivity contribution in [2.75, 3.05) is 6.54 Å². The summed E-state index contributed by atoms with van der Waals surface area (Å²) in [5.74, 6) is 0.255. The Hall–Kier alpha value is -0.580. The molecule has 0 radical (unpaired) electrons. The molecule has 3 nitrogen and oxygen atoms in total. The maximum absolute atomic E-state index is 9.85. The number of phenolic OH excluding ortho intramolecular Hbond substituents is 1. The third-order valence-electron chi connectivity index (χ3n) is 2.72. The zero-order valence-corrected chi connectivity index (χ0v) is 12.1. The summed E-state index contributed by atoms with van der Waals surface area (Å²) in [6, 6.07) is 5.53. The van der Waals surface area contributed by atoms with Gasteiger partial charge in [-0.05, 0) is 27.4 Å². The predicted molar refractivity (Wildman–Crippen MR) is 73.0 cm³/mol. The molecule has 1 rings (SSSR count). The molecule has 0 bridgehead atoms. The standard InChI is InChI=1S/C13H20BrNO2/c1-13(2,3)11(16)8-15-7-9-5-4-6-10(14)12(9)17/h4-6,11,15-17H,7-8H2,1-3H3. The van der Waals surface area contributed by atoms with Gasteiger partial charge in [0.2, 0.25) is 0 Å². The number of para-hydroxylation sites is 1. The predicted octanol–water partition coefficient (Wildman–Crippen LogP) is 2.65. The van der Waals surface area contributed by atoms with Crippen LogP contribution in [0.3, 0.4) is 0 Å². The molecule has 17 heavy (non-hydrogen) atoms. The first-order chi connectivity index (χ1) is 7.82. The fourth-order valence-electron chi connectivity index (χ4n) is 1.35. The molecule has 0 saturated heterocycles. The van der Waals surface area contributed by atoms with E-state index in [-0.39, 0.29) is 11.2 Å². The van der Waals surface area contributed by atoms with Gasteiger partial charge < -0.3 is 15.5 Å². The zero-order valence-electron chi connectivity index (χ0n) is 10.5. The lowest BCUT2D eigenvalue weighted by Gasteiger charge is -2.26. The van der Waals surface area contributed by atoms with E-state index in [1.54, 1.807) is 6.07 Å². The second-order valence-corrected chi connectivity index (χ2v) is 6.11. The van der Waals surface area contributed by atoms with Gasteiger partial charge in [0, 0.05) is 18.7 Å². The molecule has 1 unspecified atom stereocenters. The quantitative estimate of drug-likeness (QED) is 0.801. The second-order valence-electron chi connectivity index (χ2n) is 5.26. The van der Waals surface area contributed by atoms with Crippen LogP contribution >= 0.6 is 15.9 Å². The molecule has 96 valence electrons. The molecular weight excluding hydrogens is 282 g/mol. The van der Waals surface area contributed by atoms with Crippen LogP contribution in [0.2, 0.25) is 0 Å². The number of hydrogen-bond acceptors (Lipinski definition) is 3. The van der Waals surface area contributed by atoms with Crippen molar-refractivity contribution in [3.8, 4) is 5.75 Å². The summed E-state index contributed by atoms with van der Waals surface area (Å²) in [6.45, 7) is 7.04. The van der Waals surface area contributed by atoms with Crippen molar-refractivity contribution < 1.29 is 10.2 Å². The molecule has 0 spiro atoms. The van der Waals surface area contributed by atoms with Gasteiger partial charge in [0.25, 0.3) is 0 Å². The van der Waals surface area contributed by atoms with Crippen LogP contribution in [-0.2, 0) is 6.54 Å². The summed E-state index contributed by atoms with van der Waals surface area (Å²) in [6.07, 6.45) is -0.406. The van der Waals surface area contributed by atoms with Crippen molar-refractivity contribution in [1.29, 1.82) is 0 Å². The molecule has 0 amide bonds. The summed E-state index contributed by atoms with van der Waals surface area (Å²) in [5.41, 5.74) is 0.687. The highest BCUT2D eigenvalue weighted by atomic mass is 79.9. The SMILES string of the molecule is CC(C)(C)C(O)CNCc1cccc(Br)c1O. The lowest BCUT2D eigenvalue weighted by atomic mass is 9.89. The minimum Gasteiger partial charge on any atom is -0.506 e. The van der Waals surface area contributed by atoms with Crippen molar-refractivity contribution in [3.63, 3.8) is 0 Å². The van der Waals surface area contributed by atoms with Crippen molar-refractivity contribution in [1.82, 2.24) is 5.32 Å². The van der Waals surface area contributed by atoms with Gasteiger partial charge in [-0.25, -0.2) is 0 Å². The van der Waals surface area contributed by atoms with Crippen LogP contribution in [-0.4, -0.2) is 22.9 Å². The average Bonchev–Trinajstić information content (AvgIpc) is 2.22. The molecule has 4 heteroatoms. The second kappa shape index (κ2) is 5.85. The van der Waals surface area contributed by atoms with Gasteiger partial charge in [0.1, 0.15) is 5.75 Å². The van der Waals surface area contributed by atoms with Gasteiger partial charge >= 0.3 is 0 Å². The molecule has 3 N–H and O–H groups in total. The minimum absolute atomic E-state index is 0.133. The lowest BCUT2D eigenvalue weighted by Crippen LogP contribution is -2.36. The smallest absolute Gasteiger partial charge is 0.134 e. The molecule has 0 aliphatic heterocycles. The Labute approximate surface area is 111 Å². The van der Waals surface area contributed by atoms with Crippen molar-refractivity contribution in [3.05, 3.63) is 28.2 Å². The van der Waals surface area contributed by atoms with E-state index in [0.29, 0.717) is 17.6 Å². The zero-order chi connectivity index (χ0) is 13.1.